The number of carbonyl (C=O) groups is 2. The number of aromatic nitrogens is 1. The topological polar surface area (TPSA) is 102 Å². The zero-order chi connectivity index (χ0) is 26.2. The lowest BCUT2D eigenvalue weighted by Gasteiger charge is -2.24. The van der Waals surface area contributed by atoms with Crippen LogP contribution in [0.25, 0.3) is 0 Å². The van der Waals surface area contributed by atoms with E-state index in [1.54, 1.807) is 44.2 Å². The maximum Gasteiger partial charge on any atom is 0.355 e. The first-order valence-corrected chi connectivity index (χ1v) is 11.6. The number of carbonyl (C=O) groups excluding carboxylic acids is 2. The number of benzene rings is 2. The number of nitrogens with one attached hydrogen (secondary N) is 2. The van der Waals surface area contributed by atoms with Crippen LogP contribution in [-0.2, 0) is 17.8 Å². The van der Waals surface area contributed by atoms with Crippen LogP contribution in [-0.4, -0.2) is 49.8 Å². The fourth-order valence-electron chi connectivity index (χ4n) is 3.89. The largest absolute Gasteiger partial charge is 0.497 e. The second-order valence-electron chi connectivity index (χ2n) is 8.15. The summed E-state index contributed by atoms with van der Waals surface area (Å²) in [4.78, 5) is 30.7. The number of hydrogen-bond donors (Lipinski definition) is 2. The molecule has 3 aromatic rings. The molecule has 0 aliphatic heterocycles. The lowest BCUT2D eigenvalue weighted by atomic mass is 10.1. The standard InChI is InChI=1S/C27H33N3O6/c1-7-36-26(31)25-17(2)22(18(3)28-25)16-30(15-19-8-11-21(33-4)12-9-19)27(32)29-20-10-13-23(34-5)24(14-20)35-6/h8-14,28H,7,15-16H2,1-6H3,(H,29,32). The van der Waals surface area contributed by atoms with Gasteiger partial charge in [0.15, 0.2) is 11.5 Å². The predicted molar refractivity (Wildman–Crippen MR) is 137 cm³/mol. The SMILES string of the molecule is CCOC(=O)c1[nH]c(C)c(CN(Cc2ccc(OC)cc2)C(=O)Nc2ccc(OC)c(OC)c2)c1C. The molecule has 0 aliphatic rings. The molecule has 36 heavy (non-hydrogen) atoms. The Hall–Kier alpha value is -4.14. The Bertz CT molecular complexity index is 1200. The number of rotatable bonds is 10. The molecule has 2 aromatic carbocycles. The quantitative estimate of drug-likeness (QED) is 0.381. The van der Waals surface area contributed by atoms with Crippen molar-refractivity contribution < 1.29 is 28.5 Å². The third-order valence-electron chi connectivity index (χ3n) is 5.88. The number of ether oxygens (including phenoxy) is 4. The summed E-state index contributed by atoms with van der Waals surface area (Å²) in [6.07, 6.45) is 0. The van der Waals surface area contributed by atoms with Crippen molar-refractivity contribution in [3.63, 3.8) is 0 Å². The number of methoxy groups -OCH3 is 3. The summed E-state index contributed by atoms with van der Waals surface area (Å²) in [6, 6.07) is 12.4. The predicted octanol–water partition coefficient (Wildman–Crippen LogP) is 5.07. The summed E-state index contributed by atoms with van der Waals surface area (Å²) in [7, 11) is 4.70. The van der Waals surface area contributed by atoms with Crippen LogP contribution in [0.4, 0.5) is 10.5 Å². The van der Waals surface area contributed by atoms with Gasteiger partial charge in [0.2, 0.25) is 0 Å². The number of aryl methyl sites for hydroxylation is 1. The number of esters is 1. The Balaban J connectivity index is 1.91. The van der Waals surface area contributed by atoms with Crippen molar-refractivity contribution in [1.29, 1.82) is 0 Å². The highest BCUT2D eigenvalue weighted by Gasteiger charge is 2.23. The molecule has 0 bridgehead atoms. The molecule has 2 amide bonds. The van der Waals surface area contributed by atoms with E-state index < -0.39 is 5.97 Å². The molecule has 9 heteroatoms. The van der Waals surface area contributed by atoms with Crippen LogP contribution in [0.5, 0.6) is 17.2 Å². The van der Waals surface area contributed by atoms with E-state index >= 15 is 0 Å². The molecule has 2 N–H and O–H groups in total. The van der Waals surface area contributed by atoms with Gasteiger partial charge in [-0.3, -0.25) is 0 Å². The Morgan fingerprint density at radius 3 is 2.22 bits per heavy atom. The molecule has 3 rings (SSSR count). The Morgan fingerprint density at radius 1 is 0.917 bits per heavy atom. The number of nitrogens with zero attached hydrogens (tertiary/aromatic N) is 1. The first-order chi connectivity index (χ1) is 17.3. The van der Waals surface area contributed by atoms with Crippen molar-refractivity contribution >= 4 is 17.7 Å². The van der Waals surface area contributed by atoms with Gasteiger partial charge in [0, 0.05) is 30.5 Å². The summed E-state index contributed by atoms with van der Waals surface area (Å²) >= 11 is 0. The van der Waals surface area contributed by atoms with Gasteiger partial charge in [-0.2, -0.15) is 0 Å². The van der Waals surface area contributed by atoms with Crippen molar-refractivity contribution in [2.75, 3.05) is 33.3 Å². The monoisotopic (exact) mass is 495 g/mol. The van der Waals surface area contributed by atoms with Crippen molar-refractivity contribution in [2.24, 2.45) is 0 Å². The van der Waals surface area contributed by atoms with Crippen LogP contribution < -0.4 is 19.5 Å². The van der Waals surface area contributed by atoms with Gasteiger partial charge in [-0.15, -0.1) is 0 Å². The normalized spacial score (nSPS) is 10.5. The van der Waals surface area contributed by atoms with Gasteiger partial charge in [0.1, 0.15) is 11.4 Å². The van der Waals surface area contributed by atoms with Crippen LogP contribution in [0.3, 0.4) is 0 Å². The van der Waals surface area contributed by atoms with Gasteiger partial charge >= 0.3 is 12.0 Å². The summed E-state index contributed by atoms with van der Waals surface area (Å²) in [5, 5.41) is 2.94. The van der Waals surface area contributed by atoms with Gasteiger partial charge in [0.25, 0.3) is 0 Å². The molecular weight excluding hydrogens is 462 g/mol. The van der Waals surface area contributed by atoms with E-state index in [2.05, 4.69) is 10.3 Å². The van der Waals surface area contributed by atoms with Gasteiger partial charge in [-0.1, -0.05) is 12.1 Å². The number of hydrogen-bond acceptors (Lipinski definition) is 6. The molecule has 0 radical (unpaired) electrons. The molecule has 192 valence electrons. The molecule has 1 heterocycles. The second kappa shape index (κ2) is 12.0. The van der Waals surface area contributed by atoms with Crippen molar-refractivity contribution in [1.82, 2.24) is 9.88 Å². The van der Waals surface area contributed by atoms with E-state index in [1.165, 1.54) is 7.11 Å². The summed E-state index contributed by atoms with van der Waals surface area (Å²) in [6.45, 7) is 6.38. The molecule has 0 atom stereocenters. The third-order valence-corrected chi connectivity index (χ3v) is 5.88. The maximum absolute atomic E-state index is 13.5. The molecule has 0 saturated heterocycles. The number of anilines is 1. The van der Waals surface area contributed by atoms with Gasteiger partial charge in [-0.05, 0) is 61.7 Å². The fourth-order valence-corrected chi connectivity index (χ4v) is 3.89. The number of H-pyrrole nitrogens is 1. The molecular formula is C27H33N3O6. The molecule has 9 nitrogen and oxygen atoms in total. The lowest BCUT2D eigenvalue weighted by Crippen LogP contribution is -2.34. The summed E-state index contributed by atoms with van der Waals surface area (Å²) in [5.41, 5.74) is 4.30. The van der Waals surface area contributed by atoms with Crippen molar-refractivity contribution in [3.05, 3.63) is 70.5 Å². The second-order valence-corrected chi connectivity index (χ2v) is 8.15. The molecule has 0 spiro atoms. The maximum atomic E-state index is 13.5. The van der Waals surface area contributed by atoms with Gasteiger partial charge in [0.05, 0.1) is 27.9 Å². The Morgan fingerprint density at radius 2 is 1.61 bits per heavy atom. The van der Waals surface area contributed by atoms with Crippen LogP contribution in [0.1, 0.15) is 39.8 Å². The van der Waals surface area contributed by atoms with Crippen molar-refractivity contribution in [2.45, 2.75) is 33.9 Å². The number of amides is 2. The highest BCUT2D eigenvalue weighted by molar-refractivity contribution is 5.91. The zero-order valence-electron chi connectivity index (χ0n) is 21.6. The van der Waals surface area contributed by atoms with Crippen LogP contribution in [0, 0.1) is 13.8 Å². The highest BCUT2D eigenvalue weighted by atomic mass is 16.5. The smallest absolute Gasteiger partial charge is 0.355 e. The van der Waals surface area contributed by atoms with Gasteiger partial charge < -0.3 is 34.1 Å². The van der Waals surface area contributed by atoms with Crippen LogP contribution in [0.2, 0.25) is 0 Å². The van der Waals surface area contributed by atoms with Crippen LogP contribution in [0.15, 0.2) is 42.5 Å². The Kier molecular flexibility index (Phi) is 8.83. The zero-order valence-corrected chi connectivity index (χ0v) is 21.6. The molecule has 0 aliphatic carbocycles. The first-order valence-electron chi connectivity index (χ1n) is 11.6. The minimum Gasteiger partial charge on any atom is -0.497 e. The first kappa shape index (κ1) is 26.5. The third kappa shape index (κ3) is 6.10. The highest BCUT2D eigenvalue weighted by Crippen LogP contribution is 2.30. The minimum absolute atomic E-state index is 0.277. The van der Waals surface area contributed by atoms with E-state index in [0.29, 0.717) is 29.4 Å². The lowest BCUT2D eigenvalue weighted by molar-refractivity contribution is 0.0519. The van der Waals surface area contributed by atoms with Gasteiger partial charge in [-0.25, -0.2) is 9.59 Å². The van der Waals surface area contributed by atoms with E-state index in [4.69, 9.17) is 18.9 Å². The van der Waals surface area contributed by atoms with E-state index in [1.807, 2.05) is 38.1 Å². The molecule has 0 fully saturated rings. The number of urea groups is 1. The Labute approximate surface area is 211 Å². The molecule has 0 unspecified atom stereocenters. The molecule has 0 saturated carbocycles. The van der Waals surface area contributed by atoms with E-state index in [-0.39, 0.29) is 19.2 Å². The summed E-state index contributed by atoms with van der Waals surface area (Å²) < 4.78 is 21.1. The van der Waals surface area contributed by atoms with E-state index in [0.717, 1.165) is 28.1 Å². The fraction of sp³-hybridized carbons (Fsp3) is 0.333. The molecule has 1 aromatic heterocycles. The number of aromatic amines is 1. The summed E-state index contributed by atoms with van der Waals surface area (Å²) in [5.74, 6) is 1.39. The minimum atomic E-state index is -0.416. The van der Waals surface area contributed by atoms with E-state index in [9.17, 15) is 9.59 Å². The average molecular weight is 496 g/mol. The van der Waals surface area contributed by atoms with Crippen molar-refractivity contribution in [3.8, 4) is 17.2 Å². The average Bonchev–Trinajstić information content (AvgIpc) is 3.17. The van der Waals surface area contributed by atoms with Crippen LogP contribution >= 0.6 is 0 Å².